The maximum atomic E-state index is 14.1. The van der Waals surface area contributed by atoms with Gasteiger partial charge in [0.05, 0.1) is 25.1 Å². The van der Waals surface area contributed by atoms with Gasteiger partial charge in [0.15, 0.2) is 23.2 Å². The van der Waals surface area contributed by atoms with Gasteiger partial charge in [0, 0.05) is 13.6 Å². The van der Waals surface area contributed by atoms with E-state index in [0.717, 1.165) is 6.42 Å². The Kier molecular flexibility index (Phi) is 11.4. The van der Waals surface area contributed by atoms with Gasteiger partial charge in [-0.25, -0.2) is 14.5 Å². The summed E-state index contributed by atoms with van der Waals surface area (Å²) in [5.74, 6) is -0.0872. The van der Waals surface area contributed by atoms with Crippen molar-refractivity contribution in [2.75, 3.05) is 37.5 Å². The lowest BCUT2D eigenvalue weighted by molar-refractivity contribution is -0.149. The summed E-state index contributed by atoms with van der Waals surface area (Å²) in [4.78, 5) is 26.6. The maximum absolute atomic E-state index is 14.1. The molecule has 0 radical (unpaired) electrons. The summed E-state index contributed by atoms with van der Waals surface area (Å²) in [6.45, 7) is 7.72. The molecule has 0 saturated carbocycles. The lowest BCUT2D eigenvalue weighted by Gasteiger charge is -2.26. The first kappa shape index (κ1) is 29.8. The molecule has 0 aromatic carbocycles. The van der Waals surface area contributed by atoms with Crippen LogP contribution in [-0.2, 0) is 23.4 Å². The molecule has 15 heteroatoms. The number of nitrogen functional groups attached to an aromatic ring is 1. The van der Waals surface area contributed by atoms with Crippen LogP contribution in [0.3, 0.4) is 0 Å². The Morgan fingerprint density at radius 1 is 1.33 bits per heavy atom. The van der Waals surface area contributed by atoms with E-state index in [9.17, 15) is 18.9 Å². The van der Waals surface area contributed by atoms with Crippen LogP contribution in [0.15, 0.2) is 6.33 Å². The summed E-state index contributed by atoms with van der Waals surface area (Å²) in [6.07, 6.45) is -1.48. The molecule has 2 aromatic heterocycles. The fraction of sp³-hybridized carbons (Fsp3) is 0.714. The van der Waals surface area contributed by atoms with Crippen molar-refractivity contribution in [3.05, 3.63) is 6.33 Å². The second-order valence-corrected chi connectivity index (χ2v) is 9.78. The second kappa shape index (κ2) is 13.8. The number of nitrogens with zero attached hydrogens (tertiary/aromatic N) is 5. The number of esters is 1. The molecule has 0 fully saturated rings. The first-order chi connectivity index (χ1) is 17.0. The Balaban J connectivity index is 2.14. The smallest absolute Gasteiger partial charge is 0.323 e. The number of aromatic nitrogens is 4. The van der Waals surface area contributed by atoms with Gasteiger partial charge < -0.3 is 29.7 Å². The number of ether oxygens (including phenoxy) is 2. The Hall–Kier alpha value is -2.38. The molecular formula is C21H37FN7O6P. The number of hydrogen-bond donors (Lipinski definition) is 3. The predicted octanol–water partition coefficient (Wildman–Crippen LogP) is 1.82. The Bertz CT molecular complexity index is 1020. The quantitative estimate of drug-likeness (QED) is 0.225. The minimum atomic E-state index is -2.90. The summed E-state index contributed by atoms with van der Waals surface area (Å²) >= 11 is 0. The second-order valence-electron chi connectivity index (χ2n) is 8.63. The molecule has 204 valence electrons. The average Bonchev–Trinajstić information content (AvgIpc) is 3.21. The Morgan fingerprint density at radius 2 is 2.03 bits per heavy atom. The van der Waals surface area contributed by atoms with Gasteiger partial charge in [-0.05, 0) is 34.1 Å². The predicted molar refractivity (Wildman–Crippen MR) is 134 cm³/mol. The first-order valence-electron chi connectivity index (χ1n) is 11.7. The van der Waals surface area contributed by atoms with Crippen molar-refractivity contribution in [2.45, 2.75) is 71.6 Å². The van der Waals surface area contributed by atoms with Crippen molar-refractivity contribution < 1.29 is 32.9 Å². The Morgan fingerprint density at radius 3 is 2.61 bits per heavy atom. The fourth-order valence-electron chi connectivity index (χ4n) is 3.28. The molecule has 36 heavy (non-hydrogen) atoms. The average molecular weight is 534 g/mol. The number of anilines is 2. The SMILES string of the molecule is CCCN(C)c1nc(N)nc2c1ncn2[C@@H](CF)OC(CO[PH](=O)N[C@@H](C)C(=O)OC(C)C)[C@H](C)O. The van der Waals surface area contributed by atoms with Gasteiger partial charge in [-0.15, -0.1) is 0 Å². The molecule has 0 aliphatic heterocycles. The van der Waals surface area contributed by atoms with Crippen LogP contribution >= 0.6 is 8.18 Å². The molecule has 0 bridgehead atoms. The minimum absolute atomic E-state index is 0.00925. The van der Waals surface area contributed by atoms with Crippen molar-refractivity contribution in [3.8, 4) is 0 Å². The van der Waals surface area contributed by atoms with Crippen LogP contribution < -0.4 is 15.7 Å². The first-order valence-corrected chi connectivity index (χ1v) is 13.0. The lowest BCUT2D eigenvalue weighted by atomic mass is 10.2. The number of aliphatic hydroxyl groups excluding tert-OH is 1. The molecule has 2 rings (SSSR count). The van der Waals surface area contributed by atoms with Gasteiger partial charge in [-0.3, -0.25) is 13.9 Å². The standard InChI is InChI=1S/C21H37FN7O6P/c1-7-8-28(6)18-17-19(26-21(23)25-18)29(11-24-17)16(9-22)35-15(14(5)30)10-33-36(32)27-13(4)20(31)34-12(2)3/h11-16,30,36H,7-10H2,1-6H3,(H,27,32)(H2,23,25,26)/t13-,14-,15?,16+/m0/s1. The normalized spacial score (nSPS) is 16.0. The molecule has 0 amide bonds. The van der Waals surface area contributed by atoms with Crippen LogP contribution in [0.2, 0.25) is 0 Å². The number of rotatable bonds is 15. The molecule has 2 heterocycles. The summed E-state index contributed by atoms with van der Waals surface area (Å²) in [7, 11) is -1.06. The van der Waals surface area contributed by atoms with Gasteiger partial charge in [0.1, 0.15) is 18.8 Å². The van der Waals surface area contributed by atoms with Crippen molar-refractivity contribution in [2.24, 2.45) is 0 Å². The summed E-state index contributed by atoms with van der Waals surface area (Å²) in [5, 5.41) is 12.7. The fourth-order valence-corrected chi connectivity index (χ4v) is 4.15. The third-order valence-corrected chi connectivity index (χ3v) is 6.17. The highest BCUT2D eigenvalue weighted by Crippen LogP contribution is 2.27. The summed E-state index contributed by atoms with van der Waals surface area (Å²) < 4.78 is 43.9. The van der Waals surface area contributed by atoms with E-state index in [2.05, 4.69) is 20.0 Å². The van der Waals surface area contributed by atoms with E-state index in [4.69, 9.17) is 19.7 Å². The molecule has 0 spiro atoms. The molecule has 5 atom stereocenters. The van der Waals surface area contributed by atoms with Crippen LogP contribution in [0.25, 0.3) is 11.2 Å². The van der Waals surface area contributed by atoms with Crippen LogP contribution in [0.5, 0.6) is 0 Å². The third kappa shape index (κ3) is 8.07. The van der Waals surface area contributed by atoms with Crippen molar-refractivity contribution in [1.82, 2.24) is 24.6 Å². The number of aliphatic hydroxyl groups is 1. The van der Waals surface area contributed by atoms with Gasteiger partial charge >= 0.3 is 5.97 Å². The highest BCUT2D eigenvalue weighted by atomic mass is 31.1. The third-order valence-electron chi connectivity index (χ3n) is 5.07. The topological polar surface area (TPSA) is 167 Å². The molecular weight excluding hydrogens is 496 g/mol. The van der Waals surface area contributed by atoms with Gasteiger partial charge in [0.2, 0.25) is 5.95 Å². The molecule has 0 saturated heterocycles. The van der Waals surface area contributed by atoms with E-state index in [1.807, 2.05) is 18.9 Å². The molecule has 2 aromatic rings. The number of carbonyl (C=O) groups excluding carboxylic acids is 1. The van der Waals surface area contributed by atoms with E-state index in [1.165, 1.54) is 24.7 Å². The number of alkyl halides is 1. The summed E-state index contributed by atoms with van der Waals surface area (Å²) in [5.41, 5.74) is 6.58. The van der Waals surface area contributed by atoms with Crippen LogP contribution in [-0.4, -0.2) is 81.8 Å². The Labute approximate surface area is 210 Å². The molecule has 0 aliphatic carbocycles. The molecule has 4 N–H and O–H groups in total. The maximum Gasteiger partial charge on any atom is 0.323 e. The van der Waals surface area contributed by atoms with E-state index < -0.39 is 45.3 Å². The van der Waals surface area contributed by atoms with Gasteiger partial charge in [-0.1, -0.05) is 6.92 Å². The monoisotopic (exact) mass is 533 g/mol. The van der Waals surface area contributed by atoms with Crippen molar-refractivity contribution in [3.63, 3.8) is 0 Å². The number of fused-ring (bicyclic) bond motifs is 1. The van der Waals surface area contributed by atoms with E-state index >= 15 is 0 Å². The number of carbonyl (C=O) groups is 1. The van der Waals surface area contributed by atoms with Crippen molar-refractivity contribution >= 4 is 37.1 Å². The molecule has 13 nitrogen and oxygen atoms in total. The van der Waals surface area contributed by atoms with Crippen LogP contribution in [0, 0.1) is 0 Å². The zero-order valence-electron chi connectivity index (χ0n) is 21.5. The van der Waals surface area contributed by atoms with Gasteiger partial charge in [-0.2, -0.15) is 9.97 Å². The number of imidazole rings is 1. The minimum Gasteiger partial charge on any atom is -0.462 e. The van der Waals surface area contributed by atoms with Crippen molar-refractivity contribution in [1.29, 1.82) is 0 Å². The largest absolute Gasteiger partial charge is 0.462 e. The van der Waals surface area contributed by atoms with E-state index in [-0.39, 0.29) is 24.3 Å². The highest BCUT2D eigenvalue weighted by molar-refractivity contribution is 7.36. The highest BCUT2D eigenvalue weighted by Gasteiger charge is 2.27. The molecule has 2 unspecified atom stereocenters. The number of hydrogen-bond acceptors (Lipinski definition) is 11. The van der Waals surface area contributed by atoms with E-state index in [1.54, 1.807) is 13.8 Å². The van der Waals surface area contributed by atoms with Crippen LogP contribution in [0.4, 0.5) is 16.2 Å². The zero-order chi connectivity index (χ0) is 27.0. The van der Waals surface area contributed by atoms with Crippen LogP contribution in [0.1, 0.15) is 47.3 Å². The molecule has 0 aliphatic rings. The number of nitrogens with two attached hydrogens (primary N) is 1. The summed E-state index contributed by atoms with van der Waals surface area (Å²) in [6, 6.07) is -0.870. The zero-order valence-corrected chi connectivity index (χ0v) is 22.5. The lowest BCUT2D eigenvalue weighted by Crippen LogP contribution is -2.36. The number of nitrogens with one attached hydrogen (secondary N) is 1. The van der Waals surface area contributed by atoms with E-state index in [0.29, 0.717) is 17.9 Å². The van der Waals surface area contributed by atoms with Gasteiger partial charge in [0.25, 0.3) is 8.18 Å². The number of halogens is 1.